The number of carbonyl (C=O) groups excluding carboxylic acids is 1. The number of hydrogen-bond acceptors (Lipinski definition) is 4. The Kier molecular flexibility index (Phi) is 4.59. The molecular weight excluding hydrogens is 230 g/mol. The smallest absolute Gasteiger partial charge is 0.310 e. The number of hydroxylamine groups is 1. The molecule has 4 heteroatoms. The molecule has 1 aliphatic carbocycles. The van der Waals surface area contributed by atoms with Gasteiger partial charge in [0.25, 0.3) is 0 Å². The van der Waals surface area contributed by atoms with E-state index in [-0.39, 0.29) is 12.4 Å². The fraction of sp³-hybridized carbons (Fsp3) is 0.500. The van der Waals surface area contributed by atoms with Crippen molar-refractivity contribution in [3.8, 4) is 5.75 Å². The van der Waals surface area contributed by atoms with Crippen LogP contribution < -0.4 is 10.3 Å². The summed E-state index contributed by atoms with van der Waals surface area (Å²) < 4.78 is 4.94. The third-order valence-electron chi connectivity index (χ3n) is 2.86. The van der Waals surface area contributed by atoms with Crippen molar-refractivity contribution >= 4 is 5.97 Å². The summed E-state index contributed by atoms with van der Waals surface area (Å²) in [6, 6.07) is 7.52. The molecule has 1 fully saturated rings. The summed E-state index contributed by atoms with van der Waals surface area (Å²) in [6.45, 7) is 3.08. The van der Waals surface area contributed by atoms with Crippen LogP contribution in [0.5, 0.6) is 5.75 Å². The van der Waals surface area contributed by atoms with E-state index < -0.39 is 0 Å². The lowest BCUT2D eigenvalue weighted by Gasteiger charge is -2.11. The predicted molar refractivity (Wildman–Crippen MR) is 68.1 cm³/mol. The van der Waals surface area contributed by atoms with Crippen molar-refractivity contribution in [2.75, 3.05) is 13.2 Å². The molecule has 98 valence electrons. The summed E-state index contributed by atoms with van der Waals surface area (Å²) >= 11 is 0. The number of benzene rings is 1. The lowest BCUT2D eigenvalue weighted by molar-refractivity contribution is -0.142. The monoisotopic (exact) mass is 249 g/mol. The van der Waals surface area contributed by atoms with Crippen LogP contribution in [0.1, 0.15) is 25.3 Å². The maximum absolute atomic E-state index is 11.5. The van der Waals surface area contributed by atoms with E-state index in [1.165, 1.54) is 12.8 Å². The normalized spacial score (nSPS) is 14.3. The summed E-state index contributed by atoms with van der Waals surface area (Å²) in [6.07, 6.45) is 2.80. The van der Waals surface area contributed by atoms with E-state index in [9.17, 15) is 4.79 Å². The predicted octanol–water partition coefficient (Wildman–Crippen LogP) is 2.09. The minimum absolute atomic E-state index is 0.226. The number of rotatable bonds is 7. The first-order chi connectivity index (χ1) is 8.79. The molecule has 0 saturated heterocycles. The molecular formula is C14H19NO3. The molecule has 1 aromatic rings. The molecule has 1 aliphatic rings. The van der Waals surface area contributed by atoms with Crippen LogP contribution in [-0.4, -0.2) is 19.1 Å². The quantitative estimate of drug-likeness (QED) is 0.593. The number of esters is 1. The highest BCUT2D eigenvalue weighted by molar-refractivity contribution is 5.73. The Labute approximate surface area is 107 Å². The van der Waals surface area contributed by atoms with Crippen molar-refractivity contribution in [2.24, 2.45) is 5.92 Å². The molecule has 0 amide bonds. The number of carbonyl (C=O) groups is 1. The highest BCUT2D eigenvalue weighted by Crippen LogP contribution is 2.27. The molecule has 0 atom stereocenters. The van der Waals surface area contributed by atoms with E-state index in [0.29, 0.717) is 12.4 Å². The van der Waals surface area contributed by atoms with Crippen LogP contribution in [0.3, 0.4) is 0 Å². The van der Waals surface area contributed by atoms with Gasteiger partial charge in [-0.3, -0.25) is 4.79 Å². The van der Waals surface area contributed by atoms with Crippen molar-refractivity contribution in [3.63, 3.8) is 0 Å². The van der Waals surface area contributed by atoms with Gasteiger partial charge >= 0.3 is 5.97 Å². The zero-order chi connectivity index (χ0) is 12.8. The number of ether oxygens (including phenoxy) is 1. The molecule has 1 saturated carbocycles. The summed E-state index contributed by atoms with van der Waals surface area (Å²) in [7, 11) is 0. The van der Waals surface area contributed by atoms with Crippen LogP contribution in [-0.2, 0) is 16.0 Å². The van der Waals surface area contributed by atoms with E-state index in [0.717, 1.165) is 18.0 Å². The maximum atomic E-state index is 11.5. The lowest BCUT2D eigenvalue weighted by atomic mass is 10.1. The second kappa shape index (κ2) is 6.40. The van der Waals surface area contributed by atoms with Gasteiger partial charge in [-0.05, 0) is 31.7 Å². The van der Waals surface area contributed by atoms with Gasteiger partial charge in [-0.25, -0.2) is 0 Å². The number of hydrogen-bond donors (Lipinski definition) is 1. The first-order valence-corrected chi connectivity index (χ1v) is 6.43. The molecule has 0 aromatic heterocycles. The van der Waals surface area contributed by atoms with Crippen LogP contribution in [0.15, 0.2) is 24.3 Å². The minimum atomic E-state index is -0.226. The molecule has 0 unspecified atom stereocenters. The largest absolute Gasteiger partial charge is 0.466 e. The summed E-state index contributed by atoms with van der Waals surface area (Å²) in [5, 5.41) is 0. The van der Waals surface area contributed by atoms with E-state index in [1.807, 2.05) is 24.3 Å². The van der Waals surface area contributed by atoms with Crippen LogP contribution in [0.25, 0.3) is 0 Å². The molecule has 1 N–H and O–H groups in total. The first-order valence-electron chi connectivity index (χ1n) is 6.43. The van der Waals surface area contributed by atoms with Crippen LogP contribution in [0.2, 0.25) is 0 Å². The van der Waals surface area contributed by atoms with Crippen molar-refractivity contribution in [2.45, 2.75) is 26.2 Å². The average Bonchev–Trinajstić information content (AvgIpc) is 3.16. The molecule has 4 nitrogen and oxygen atoms in total. The van der Waals surface area contributed by atoms with E-state index in [2.05, 4.69) is 5.48 Å². The van der Waals surface area contributed by atoms with Gasteiger partial charge in [-0.15, -0.1) is 0 Å². The molecule has 2 rings (SSSR count). The Balaban J connectivity index is 1.88. The fourth-order valence-electron chi connectivity index (χ4n) is 1.68. The molecule has 0 spiro atoms. The zero-order valence-electron chi connectivity index (χ0n) is 10.6. The molecule has 0 aliphatic heterocycles. The third kappa shape index (κ3) is 4.04. The van der Waals surface area contributed by atoms with Gasteiger partial charge in [0.15, 0.2) is 5.75 Å². The Bertz CT molecular complexity index is 402. The van der Waals surface area contributed by atoms with Crippen molar-refractivity contribution in [1.29, 1.82) is 0 Å². The number of para-hydroxylation sites is 1. The van der Waals surface area contributed by atoms with Gasteiger partial charge in [0.05, 0.1) is 13.0 Å². The number of nitrogens with one attached hydrogen (secondary N) is 1. The van der Waals surface area contributed by atoms with E-state index in [1.54, 1.807) is 6.92 Å². The summed E-state index contributed by atoms with van der Waals surface area (Å²) in [5.74, 6) is 1.23. The van der Waals surface area contributed by atoms with Crippen LogP contribution in [0, 0.1) is 5.92 Å². The highest BCUT2D eigenvalue weighted by Gasteiger charge is 2.21. The van der Waals surface area contributed by atoms with Gasteiger partial charge in [0, 0.05) is 12.1 Å². The summed E-state index contributed by atoms with van der Waals surface area (Å²) in [5.41, 5.74) is 3.80. The average molecular weight is 249 g/mol. The minimum Gasteiger partial charge on any atom is -0.466 e. The molecule has 0 bridgehead atoms. The summed E-state index contributed by atoms with van der Waals surface area (Å²) in [4.78, 5) is 17.0. The fourth-order valence-corrected chi connectivity index (χ4v) is 1.68. The van der Waals surface area contributed by atoms with Crippen molar-refractivity contribution in [1.82, 2.24) is 5.48 Å². The first kappa shape index (κ1) is 12.9. The molecule has 18 heavy (non-hydrogen) atoms. The Morgan fingerprint density at radius 1 is 1.39 bits per heavy atom. The van der Waals surface area contributed by atoms with Gasteiger partial charge in [-0.1, -0.05) is 18.2 Å². The van der Waals surface area contributed by atoms with Gasteiger partial charge in [-0.2, -0.15) is 5.48 Å². The Hall–Kier alpha value is -1.55. The molecule has 0 heterocycles. The zero-order valence-corrected chi connectivity index (χ0v) is 10.6. The van der Waals surface area contributed by atoms with Crippen LogP contribution >= 0.6 is 0 Å². The maximum Gasteiger partial charge on any atom is 0.310 e. The molecule has 1 aromatic carbocycles. The van der Waals surface area contributed by atoms with Gasteiger partial charge in [0.1, 0.15) is 0 Å². The molecule has 0 radical (unpaired) electrons. The Morgan fingerprint density at radius 2 is 2.17 bits per heavy atom. The second-order valence-corrected chi connectivity index (χ2v) is 4.48. The van der Waals surface area contributed by atoms with Gasteiger partial charge < -0.3 is 9.57 Å². The Morgan fingerprint density at radius 3 is 2.89 bits per heavy atom. The second-order valence-electron chi connectivity index (χ2n) is 4.48. The topological polar surface area (TPSA) is 47.6 Å². The standard InChI is InChI=1S/C14H19NO3/c1-2-17-14(16)9-12-5-3-4-6-13(12)18-15-10-11-7-8-11/h3-6,11,15H,2,7-10H2,1H3. The van der Waals surface area contributed by atoms with Gasteiger partial charge in [0.2, 0.25) is 0 Å². The van der Waals surface area contributed by atoms with Crippen LogP contribution in [0.4, 0.5) is 0 Å². The van der Waals surface area contributed by atoms with E-state index >= 15 is 0 Å². The van der Waals surface area contributed by atoms with E-state index in [4.69, 9.17) is 9.57 Å². The van der Waals surface area contributed by atoms with Crippen molar-refractivity contribution in [3.05, 3.63) is 29.8 Å². The highest BCUT2D eigenvalue weighted by atomic mass is 16.6. The lowest BCUT2D eigenvalue weighted by Crippen LogP contribution is -2.22. The SMILES string of the molecule is CCOC(=O)Cc1ccccc1ONCC1CC1. The van der Waals surface area contributed by atoms with Crippen molar-refractivity contribution < 1.29 is 14.4 Å². The third-order valence-corrected chi connectivity index (χ3v) is 2.86.